The van der Waals surface area contributed by atoms with Crippen LogP contribution in [0.3, 0.4) is 0 Å². The smallest absolute Gasteiger partial charge is 0.340 e. The molecule has 0 radical (unpaired) electrons. The van der Waals surface area contributed by atoms with Crippen molar-refractivity contribution in [1.29, 1.82) is 0 Å². The minimum Gasteiger partial charge on any atom is -0.484 e. The fourth-order valence-corrected chi connectivity index (χ4v) is 3.79. The van der Waals surface area contributed by atoms with Gasteiger partial charge in [-0.2, -0.15) is 0 Å². The summed E-state index contributed by atoms with van der Waals surface area (Å²) >= 11 is 0. The van der Waals surface area contributed by atoms with Crippen LogP contribution in [-0.4, -0.2) is 49.5 Å². The van der Waals surface area contributed by atoms with Crippen LogP contribution in [0.4, 0.5) is 0 Å². The van der Waals surface area contributed by atoms with E-state index in [9.17, 15) is 14.4 Å². The molecular weight excluding hydrogens is 384 g/mol. The van der Waals surface area contributed by atoms with Crippen molar-refractivity contribution in [2.75, 3.05) is 20.8 Å². The number of allylic oxidation sites excluding steroid dienone is 1. The van der Waals surface area contributed by atoms with Crippen molar-refractivity contribution in [3.63, 3.8) is 0 Å². The van der Waals surface area contributed by atoms with Gasteiger partial charge in [-0.3, -0.25) is 9.59 Å². The number of esters is 1. The molecule has 160 valence electrons. The lowest BCUT2D eigenvalue weighted by molar-refractivity contribution is -0.136. The van der Waals surface area contributed by atoms with E-state index < -0.39 is 5.97 Å². The molecule has 1 aliphatic heterocycles. The van der Waals surface area contributed by atoms with Gasteiger partial charge in [-0.15, -0.1) is 0 Å². The predicted molar refractivity (Wildman–Crippen MR) is 112 cm³/mol. The second-order valence-electron chi connectivity index (χ2n) is 7.63. The van der Waals surface area contributed by atoms with Gasteiger partial charge in [0.25, 0.3) is 11.8 Å². The number of amides is 2. The molecule has 1 fully saturated rings. The summed E-state index contributed by atoms with van der Waals surface area (Å²) < 4.78 is 10.4. The number of carbonyl (C=O) groups is 3. The van der Waals surface area contributed by atoms with E-state index in [2.05, 4.69) is 5.32 Å². The molecule has 3 rings (SSSR count). The van der Waals surface area contributed by atoms with Gasteiger partial charge in [0.05, 0.1) is 18.3 Å². The summed E-state index contributed by atoms with van der Waals surface area (Å²) in [7, 11) is 2.91. The molecule has 0 bridgehead atoms. The number of nitrogens with one attached hydrogen (secondary N) is 1. The molecule has 0 spiro atoms. The second-order valence-corrected chi connectivity index (χ2v) is 7.63. The highest BCUT2D eigenvalue weighted by molar-refractivity contribution is 6.16. The summed E-state index contributed by atoms with van der Waals surface area (Å²) in [5.41, 5.74) is 1.86. The fourth-order valence-electron chi connectivity index (χ4n) is 3.79. The first-order valence-corrected chi connectivity index (χ1v) is 10.2. The van der Waals surface area contributed by atoms with Crippen LogP contribution < -0.4 is 10.1 Å². The Morgan fingerprint density at radius 2 is 1.83 bits per heavy atom. The highest BCUT2D eigenvalue weighted by atomic mass is 16.5. The molecule has 1 aliphatic carbocycles. The van der Waals surface area contributed by atoms with Gasteiger partial charge in [-0.25, -0.2) is 4.79 Å². The summed E-state index contributed by atoms with van der Waals surface area (Å²) in [5.74, 6) is -0.352. The molecule has 2 amide bonds. The normalized spacial score (nSPS) is 18.7. The average molecular weight is 412 g/mol. The third-order valence-corrected chi connectivity index (χ3v) is 5.59. The first-order chi connectivity index (χ1) is 14.4. The van der Waals surface area contributed by atoms with E-state index in [-0.39, 0.29) is 30.0 Å². The molecule has 1 aromatic carbocycles. The Bertz CT molecular complexity index is 879. The number of benzene rings is 1. The zero-order chi connectivity index (χ0) is 21.7. The van der Waals surface area contributed by atoms with Crippen LogP contribution in [0.15, 0.2) is 41.1 Å². The molecule has 0 aromatic heterocycles. The standard InChI is InChI=1S/C23H28N2O5/c1-15-21(23(28)29-3)19(22(27)25(15)2)13-16-9-11-18(12-10-16)30-14-20(26)24-17-7-5-4-6-8-17/h9-13,17H,4-8,14H2,1-3H3,(H,24,26)/b19-13-. The summed E-state index contributed by atoms with van der Waals surface area (Å²) in [6, 6.07) is 7.27. The summed E-state index contributed by atoms with van der Waals surface area (Å²) in [5, 5.41) is 3.02. The third kappa shape index (κ3) is 4.90. The van der Waals surface area contributed by atoms with Gasteiger partial charge in [0.15, 0.2) is 6.61 Å². The quantitative estimate of drug-likeness (QED) is 0.574. The van der Waals surface area contributed by atoms with Crippen LogP contribution in [0.25, 0.3) is 6.08 Å². The third-order valence-electron chi connectivity index (χ3n) is 5.59. The van der Waals surface area contributed by atoms with E-state index in [1.165, 1.54) is 18.4 Å². The molecule has 7 nitrogen and oxygen atoms in total. The summed E-state index contributed by atoms with van der Waals surface area (Å²) in [6.45, 7) is 1.68. The number of ether oxygens (including phenoxy) is 2. The molecular formula is C23H28N2O5. The average Bonchev–Trinajstić information content (AvgIpc) is 2.97. The molecule has 2 aliphatic rings. The predicted octanol–water partition coefficient (Wildman–Crippen LogP) is 2.82. The summed E-state index contributed by atoms with van der Waals surface area (Å²) in [4.78, 5) is 38.1. The number of likely N-dealkylation sites (N-methyl/N-ethyl adjacent to an activating group) is 1. The van der Waals surface area contributed by atoms with E-state index in [4.69, 9.17) is 9.47 Å². The van der Waals surface area contributed by atoms with E-state index in [0.29, 0.717) is 17.0 Å². The lowest BCUT2D eigenvalue weighted by atomic mass is 9.95. The molecule has 0 unspecified atom stereocenters. The Morgan fingerprint density at radius 1 is 1.17 bits per heavy atom. The molecule has 1 N–H and O–H groups in total. The van der Waals surface area contributed by atoms with E-state index in [0.717, 1.165) is 31.2 Å². The van der Waals surface area contributed by atoms with Crippen molar-refractivity contribution in [2.24, 2.45) is 0 Å². The first kappa shape index (κ1) is 21.6. The van der Waals surface area contributed by atoms with Crippen molar-refractivity contribution in [3.05, 3.63) is 46.7 Å². The Labute approximate surface area is 176 Å². The van der Waals surface area contributed by atoms with Crippen molar-refractivity contribution >= 4 is 23.9 Å². The summed E-state index contributed by atoms with van der Waals surface area (Å²) in [6.07, 6.45) is 7.28. The number of carbonyl (C=O) groups excluding carboxylic acids is 3. The van der Waals surface area contributed by atoms with Gasteiger partial charge in [0.2, 0.25) is 0 Å². The maximum atomic E-state index is 12.5. The maximum absolute atomic E-state index is 12.5. The molecule has 1 aromatic rings. The highest BCUT2D eigenvalue weighted by Crippen LogP contribution is 2.30. The lowest BCUT2D eigenvalue weighted by Gasteiger charge is -2.22. The van der Waals surface area contributed by atoms with Crippen LogP contribution in [0.1, 0.15) is 44.6 Å². The van der Waals surface area contributed by atoms with Crippen LogP contribution >= 0.6 is 0 Å². The Balaban J connectivity index is 1.63. The molecule has 7 heteroatoms. The number of methoxy groups -OCH3 is 1. The second kappa shape index (κ2) is 9.61. The zero-order valence-corrected chi connectivity index (χ0v) is 17.7. The number of rotatable bonds is 6. The van der Waals surface area contributed by atoms with Crippen LogP contribution in [0.5, 0.6) is 5.75 Å². The maximum Gasteiger partial charge on any atom is 0.340 e. The first-order valence-electron chi connectivity index (χ1n) is 10.2. The topological polar surface area (TPSA) is 84.9 Å². The minimum atomic E-state index is -0.541. The minimum absolute atomic E-state index is 0.0331. The number of hydrogen-bond acceptors (Lipinski definition) is 5. The molecule has 1 heterocycles. The van der Waals surface area contributed by atoms with Gasteiger partial charge in [0, 0.05) is 18.8 Å². The zero-order valence-electron chi connectivity index (χ0n) is 17.7. The molecule has 0 saturated heterocycles. The van der Waals surface area contributed by atoms with E-state index >= 15 is 0 Å². The highest BCUT2D eigenvalue weighted by Gasteiger charge is 2.34. The van der Waals surface area contributed by atoms with Crippen LogP contribution in [-0.2, 0) is 19.1 Å². The Morgan fingerprint density at radius 3 is 2.47 bits per heavy atom. The monoisotopic (exact) mass is 412 g/mol. The van der Waals surface area contributed by atoms with Gasteiger partial charge in [-0.05, 0) is 43.5 Å². The van der Waals surface area contributed by atoms with Crippen molar-refractivity contribution in [2.45, 2.75) is 45.1 Å². The van der Waals surface area contributed by atoms with E-state index in [1.54, 1.807) is 44.3 Å². The van der Waals surface area contributed by atoms with Gasteiger partial charge >= 0.3 is 5.97 Å². The van der Waals surface area contributed by atoms with Crippen molar-refractivity contribution in [3.8, 4) is 5.75 Å². The fraction of sp³-hybridized carbons (Fsp3) is 0.435. The van der Waals surface area contributed by atoms with Gasteiger partial charge in [0.1, 0.15) is 5.75 Å². The van der Waals surface area contributed by atoms with Crippen molar-refractivity contribution < 1.29 is 23.9 Å². The Hall–Kier alpha value is -3.09. The Kier molecular flexibility index (Phi) is 6.92. The largest absolute Gasteiger partial charge is 0.484 e. The SMILES string of the molecule is COC(=O)C1=C(C)N(C)C(=O)/C1=C\c1ccc(OCC(=O)NC2CCCCC2)cc1. The van der Waals surface area contributed by atoms with Crippen LogP contribution in [0.2, 0.25) is 0 Å². The van der Waals surface area contributed by atoms with Gasteiger partial charge < -0.3 is 19.7 Å². The molecule has 0 atom stereocenters. The molecule has 1 saturated carbocycles. The number of nitrogens with zero attached hydrogens (tertiary/aromatic N) is 1. The van der Waals surface area contributed by atoms with Crippen molar-refractivity contribution in [1.82, 2.24) is 10.2 Å². The van der Waals surface area contributed by atoms with Gasteiger partial charge in [-0.1, -0.05) is 31.4 Å². The van der Waals surface area contributed by atoms with Crippen LogP contribution in [0, 0.1) is 0 Å². The van der Waals surface area contributed by atoms with E-state index in [1.807, 2.05) is 0 Å². The molecule has 30 heavy (non-hydrogen) atoms. The number of hydrogen-bond donors (Lipinski definition) is 1. The lowest BCUT2D eigenvalue weighted by Crippen LogP contribution is -2.38.